The van der Waals surface area contributed by atoms with Gasteiger partial charge in [-0.25, -0.2) is 0 Å². The largest absolute Gasteiger partial charge is 0.381 e. The van der Waals surface area contributed by atoms with Gasteiger partial charge >= 0.3 is 0 Å². The molecular formula is C11H18N2O2. The molecule has 0 saturated carbocycles. The second-order valence-electron chi connectivity index (χ2n) is 4.63. The molecule has 0 aromatic heterocycles. The number of nitrogens with one attached hydrogen (secondary N) is 1. The molecule has 1 saturated heterocycles. The first-order chi connectivity index (χ1) is 7.05. The van der Waals surface area contributed by atoms with Crippen molar-refractivity contribution < 1.29 is 9.53 Å². The van der Waals surface area contributed by atoms with Crippen LogP contribution >= 0.6 is 0 Å². The minimum Gasteiger partial charge on any atom is -0.381 e. The Balaban J connectivity index is 2.32. The third kappa shape index (κ3) is 3.88. The van der Waals surface area contributed by atoms with E-state index in [4.69, 9.17) is 10.00 Å². The van der Waals surface area contributed by atoms with E-state index < -0.39 is 5.41 Å². The summed E-state index contributed by atoms with van der Waals surface area (Å²) in [6.07, 6.45) is 1.83. The monoisotopic (exact) mass is 210 g/mol. The summed E-state index contributed by atoms with van der Waals surface area (Å²) in [6, 6.07) is 2.15. The number of amides is 1. The summed E-state index contributed by atoms with van der Waals surface area (Å²) < 4.78 is 5.24. The number of hydrogen-bond acceptors (Lipinski definition) is 3. The summed E-state index contributed by atoms with van der Waals surface area (Å²) >= 11 is 0. The van der Waals surface area contributed by atoms with Gasteiger partial charge in [0.25, 0.3) is 0 Å². The van der Waals surface area contributed by atoms with E-state index in [0.29, 0.717) is 13.2 Å². The van der Waals surface area contributed by atoms with Crippen LogP contribution in [0, 0.1) is 22.7 Å². The van der Waals surface area contributed by atoms with Crippen LogP contribution < -0.4 is 5.32 Å². The van der Waals surface area contributed by atoms with E-state index in [1.807, 2.05) is 13.8 Å². The lowest BCUT2D eigenvalue weighted by molar-refractivity contribution is -0.129. The minimum atomic E-state index is -0.495. The molecule has 0 aliphatic carbocycles. The first kappa shape index (κ1) is 12.0. The average Bonchev–Trinajstić information content (AvgIpc) is 2.27. The highest BCUT2D eigenvalue weighted by molar-refractivity contribution is 5.78. The van der Waals surface area contributed by atoms with E-state index in [-0.39, 0.29) is 11.8 Å². The first-order valence-electron chi connectivity index (χ1n) is 5.32. The summed E-state index contributed by atoms with van der Waals surface area (Å²) in [6.45, 7) is 5.29. The molecule has 1 unspecified atom stereocenters. The fourth-order valence-electron chi connectivity index (χ4n) is 1.44. The fraction of sp³-hybridized carbons (Fsp3) is 0.818. The number of carbonyl (C=O) groups is 1. The molecule has 1 fully saturated rings. The molecule has 1 amide bonds. The van der Waals surface area contributed by atoms with E-state index in [2.05, 4.69) is 11.4 Å². The van der Waals surface area contributed by atoms with Gasteiger partial charge in [-0.05, 0) is 26.7 Å². The lowest BCUT2D eigenvalue weighted by Gasteiger charge is -2.23. The standard InChI is InChI=1S/C11H18N2O2/c1-11(2,7-12)8-13-10(14)9-4-3-5-15-6-9/h9H,3-6,8H2,1-2H3,(H,13,14). The maximum Gasteiger partial charge on any atom is 0.225 e. The van der Waals surface area contributed by atoms with Crippen molar-refractivity contribution in [2.24, 2.45) is 11.3 Å². The topological polar surface area (TPSA) is 62.1 Å². The zero-order valence-corrected chi connectivity index (χ0v) is 9.38. The van der Waals surface area contributed by atoms with Crippen molar-refractivity contribution in [3.63, 3.8) is 0 Å². The van der Waals surface area contributed by atoms with E-state index in [1.165, 1.54) is 0 Å². The average molecular weight is 210 g/mol. The summed E-state index contributed by atoms with van der Waals surface area (Å²) in [7, 11) is 0. The molecule has 1 rings (SSSR count). The zero-order valence-electron chi connectivity index (χ0n) is 9.38. The van der Waals surface area contributed by atoms with Crippen molar-refractivity contribution in [3.8, 4) is 6.07 Å². The van der Waals surface area contributed by atoms with Crippen LogP contribution in [0.4, 0.5) is 0 Å². The van der Waals surface area contributed by atoms with Gasteiger partial charge in [0, 0.05) is 13.2 Å². The smallest absolute Gasteiger partial charge is 0.225 e. The Morgan fingerprint density at radius 2 is 2.40 bits per heavy atom. The normalized spacial score (nSPS) is 21.8. The Bertz CT molecular complexity index is 262. The van der Waals surface area contributed by atoms with Crippen LogP contribution in [-0.4, -0.2) is 25.7 Å². The molecule has 4 heteroatoms. The van der Waals surface area contributed by atoms with Crippen molar-refractivity contribution in [1.29, 1.82) is 5.26 Å². The summed E-state index contributed by atoms with van der Waals surface area (Å²) in [5.41, 5.74) is -0.495. The number of rotatable bonds is 3. The van der Waals surface area contributed by atoms with Gasteiger partial charge < -0.3 is 10.1 Å². The lowest BCUT2D eigenvalue weighted by Crippen LogP contribution is -2.39. The molecule has 1 heterocycles. The quantitative estimate of drug-likeness (QED) is 0.758. The van der Waals surface area contributed by atoms with E-state index >= 15 is 0 Å². The third-order valence-corrected chi connectivity index (χ3v) is 2.54. The summed E-state index contributed by atoms with van der Waals surface area (Å²) in [5, 5.41) is 11.6. The maximum atomic E-state index is 11.7. The Kier molecular flexibility index (Phi) is 4.10. The number of ether oxygens (including phenoxy) is 1. The Labute approximate surface area is 90.6 Å². The minimum absolute atomic E-state index is 0.0121. The van der Waals surface area contributed by atoms with Crippen molar-refractivity contribution in [2.75, 3.05) is 19.8 Å². The highest BCUT2D eigenvalue weighted by atomic mass is 16.5. The van der Waals surface area contributed by atoms with Crippen LogP contribution in [-0.2, 0) is 9.53 Å². The van der Waals surface area contributed by atoms with Crippen LogP contribution in [0.15, 0.2) is 0 Å². The van der Waals surface area contributed by atoms with E-state index in [0.717, 1.165) is 19.4 Å². The molecule has 84 valence electrons. The molecule has 1 N–H and O–H groups in total. The zero-order chi connectivity index (χ0) is 11.3. The molecule has 0 aromatic carbocycles. The molecule has 4 nitrogen and oxygen atoms in total. The summed E-state index contributed by atoms with van der Waals surface area (Å²) in [4.78, 5) is 11.7. The highest BCUT2D eigenvalue weighted by Gasteiger charge is 2.24. The Morgan fingerprint density at radius 1 is 1.67 bits per heavy atom. The van der Waals surface area contributed by atoms with Crippen molar-refractivity contribution in [1.82, 2.24) is 5.32 Å². The van der Waals surface area contributed by atoms with Crippen LogP contribution in [0.3, 0.4) is 0 Å². The van der Waals surface area contributed by atoms with Crippen molar-refractivity contribution in [2.45, 2.75) is 26.7 Å². The second kappa shape index (κ2) is 5.13. The van der Waals surface area contributed by atoms with Gasteiger partial charge in [0.2, 0.25) is 5.91 Å². The first-order valence-corrected chi connectivity index (χ1v) is 5.32. The lowest BCUT2D eigenvalue weighted by atomic mass is 9.95. The predicted octanol–water partition coefficient (Wildman–Crippen LogP) is 1.08. The van der Waals surface area contributed by atoms with E-state index in [9.17, 15) is 4.79 Å². The van der Waals surface area contributed by atoms with Gasteiger partial charge in [-0.15, -0.1) is 0 Å². The molecule has 0 bridgehead atoms. The molecule has 15 heavy (non-hydrogen) atoms. The molecule has 1 aliphatic rings. The molecule has 0 spiro atoms. The van der Waals surface area contributed by atoms with E-state index in [1.54, 1.807) is 0 Å². The van der Waals surface area contributed by atoms with Crippen LogP contribution in [0.25, 0.3) is 0 Å². The van der Waals surface area contributed by atoms with Gasteiger partial charge in [0.05, 0.1) is 24.0 Å². The van der Waals surface area contributed by atoms with Crippen LogP contribution in [0.2, 0.25) is 0 Å². The molecular weight excluding hydrogens is 192 g/mol. The number of nitriles is 1. The van der Waals surface area contributed by atoms with Gasteiger partial charge in [0.1, 0.15) is 0 Å². The van der Waals surface area contributed by atoms with Gasteiger partial charge in [-0.1, -0.05) is 0 Å². The molecule has 1 aliphatic heterocycles. The van der Waals surface area contributed by atoms with Crippen LogP contribution in [0.1, 0.15) is 26.7 Å². The number of hydrogen-bond donors (Lipinski definition) is 1. The molecule has 0 radical (unpaired) electrons. The maximum absolute atomic E-state index is 11.7. The van der Waals surface area contributed by atoms with Gasteiger partial charge in [0.15, 0.2) is 0 Å². The Hall–Kier alpha value is -1.08. The van der Waals surface area contributed by atoms with Gasteiger partial charge in [-0.2, -0.15) is 5.26 Å². The SMILES string of the molecule is CC(C)(C#N)CNC(=O)C1CCCOC1. The molecule has 1 atom stereocenters. The summed E-state index contributed by atoms with van der Waals surface area (Å²) in [5.74, 6) is -0.0220. The Morgan fingerprint density at radius 3 is 2.93 bits per heavy atom. The fourth-order valence-corrected chi connectivity index (χ4v) is 1.44. The second-order valence-corrected chi connectivity index (χ2v) is 4.63. The number of carbonyl (C=O) groups excluding carboxylic acids is 1. The van der Waals surface area contributed by atoms with Crippen molar-refractivity contribution >= 4 is 5.91 Å². The highest BCUT2D eigenvalue weighted by Crippen LogP contribution is 2.15. The third-order valence-electron chi connectivity index (χ3n) is 2.54. The number of nitrogens with zero attached hydrogens (tertiary/aromatic N) is 1. The predicted molar refractivity (Wildman–Crippen MR) is 55.9 cm³/mol. The van der Waals surface area contributed by atoms with Crippen LogP contribution in [0.5, 0.6) is 0 Å². The molecule has 0 aromatic rings. The van der Waals surface area contributed by atoms with Crippen molar-refractivity contribution in [3.05, 3.63) is 0 Å². The van der Waals surface area contributed by atoms with Gasteiger partial charge in [-0.3, -0.25) is 4.79 Å².